The Labute approximate surface area is 168 Å². The van der Waals surface area contributed by atoms with Crippen molar-refractivity contribution in [2.75, 3.05) is 0 Å². The second-order valence-corrected chi connectivity index (χ2v) is 8.92. The second kappa shape index (κ2) is 4.56. The fraction of sp³-hybridized carbons (Fsp3) is 0.0400. The monoisotopic (exact) mass is 390 g/mol. The summed E-state index contributed by atoms with van der Waals surface area (Å²) in [6, 6.07) is 22.0. The lowest BCUT2D eigenvalue weighted by molar-refractivity contribution is 0.600. The number of thiophene rings is 1. The highest BCUT2D eigenvalue weighted by atomic mass is 32.1. The van der Waals surface area contributed by atoms with Crippen molar-refractivity contribution < 1.29 is 4.42 Å². The van der Waals surface area contributed by atoms with E-state index in [1.165, 1.54) is 58.4 Å². The van der Waals surface area contributed by atoms with Crippen molar-refractivity contribution in [3.8, 4) is 0 Å². The van der Waals surface area contributed by atoms with Crippen LogP contribution in [0.25, 0.3) is 69.5 Å². The average molecular weight is 390 g/mol. The molecule has 0 atom stereocenters. The zero-order valence-electron chi connectivity index (χ0n) is 15.6. The molecular formula is C25H14N2OS. The lowest BCUT2D eigenvalue weighted by atomic mass is 10.1. The normalized spacial score (nSPS) is 13.0. The Balaban J connectivity index is 1.92. The van der Waals surface area contributed by atoms with Gasteiger partial charge in [0.1, 0.15) is 0 Å². The molecule has 3 nitrogen and oxygen atoms in total. The summed E-state index contributed by atoms with van der Waals surface area (Å²) in [6.45, 7) is 0. The van der Waals surface area contributed by atoms with Gasteiger partial charge in [-0.2, -0.15) is 0 Å². The summed E-state index contributed by atoms with van der Waals surface area (Å²) in [5.74, 6) is 0. The van der Waals surface area contributed by atoms with E-state index >= 15 is 0 Å². The first-order valence-electron chi connectivity index (χ1n) is 9.77. The van der Waals surface area contributed by atoms with E-state index in [0.29, 0.717) is 0 Å². The van der Waals surface area contributed by atoms with Crippen molar-refractivity contribution in [1.82, 2.24) is 8.97 Å². The van der Waals surface area contributed by atoms with Crippen LogP contribution in [-0.2, 0) is 7.05 Å². The van der Waals surface area contributed by atoms with Crippen molar-refractivity contribution in [3.63, 3.8) is 0 Å². The minimum Gasteiger partial charge on any atom is -0.447 e. The van der Waals surface area contributed by atoms with Crippen LogP contribution in [0.3, 0.4) is 0 Å². The largest absolute Gasteiger partial charge is 0.447 e. The Morgan fingerprint density at radius 1 is 0.724 bits per heavy atom. The van der Waals surface area contributed by atoms with Crippen LogP contribution in [0.1, 0.15) is 0 Å². The summed E-state index contributed by atoms with van der Waals surface area (Å²) in [5, 5.41) is 7.66. The average Bonchev–Trinajstić information content (AvgIpc) is 3.48. The molecule has 0 unspecified atom stereocenters. The summed E-state index contributed by atoms with van der Waals surface area (Å²) >= 11 is 1.88. The van der Waals surface area contributed by atoms with Crippen molar-refractivity contribution in [2.45, 2.75) is 0 Å². The topological polar surface area (TPSA) is 22.5 Å². The molecule has 0 aliphatic rings. The zero-order chi connectivity index (χ0) is 18.9. The van der Waals surface area contributed by atoms with Gasteiger partial charge in [-0.1, -0.05) is 30.3 Å². The molecule has 5 heterocycles. The summed E-state index contributed by atoms with van der Waals surface area (Å²) in [4.78, 5) is 0. The van der Waals surface area contributed by atoms with Gasteiger partial charge in [0.15, 0.2) is 0 Å². The molecule has 4 heteroatoms. The molecular weight excluding hydrogens is 376 g/mol. The van der Waals surface area contributed by atoms with E-state index in [-0.39, 0.29) is 0 Å². The van der Waals surface area contributed by atoms with Crippen molar-refractivity contribution in [3.05, 3.63) is 66.9 Å². The highest BCUT2D eigenvalue weighted by Gasteiger charge is 2.24. The van der Waals surface area contributed by atoms with Crippen LogP contribution in [0.4, 0.5) is 0 Å². The van der Waals surface area contributed by atoms with Gasteiger partial charge in [0.05, 0.1) is 27.5 Å². The number of aryl methyl sites for hydroxylation is 1. The molecule has 0 aliphatic carbocycles. The number of aromatic nitrogens is 2. The van der Waals surface area contributed by atoms with Crippen LogP contribution in [0.2, 0.25) is 0 Å². The molecule has 0 spiro atoms. The molecule has 3 aromatic carbocycles. The number of furan rings is 1. The van der Waals surface area contributed by atoms with Gasteiger partial charge in [0.25, 0.3) is 0 Å². The van der Waals surface area contributed by atoms with Crippen LogP contribution in [-0.4, -0.2) is 8.97 Å². The fourth-order valence-corrected chi connectivity index (χ4v) is 6.60. The molecule has 136 valence electrons. The molecule has 5 aromatic heterocycles. The molecule has 0 amide bonds. The number of hydrogen-bond acceptors (Lipinski definition) is 2. The number of fused-ring (bicyclic) bond motifs is 8. The molecule has 0 saturated heterocycles. The first kappa shape index (κ1) is 14.5. The molecule has 0 saturated carbocycles. The predicted molar refractivity (Wildman–Crippen MR) is 123 cm³/mol. The third-order valence-corrected chi connectivity index (χ3v) is 7.76. The maximum atomic E-state index is 6.16. The smallest absolute Gasteiger partial charge is 0.212 e. The zero-order valence-corrected chi connectivity index (χ0v) is 16.4. The van der Waals surface area contributed by atoms with E-state index in [9.17, 15) is 0 Å². The Kier molecular flexibility index (Phi) is 2.28. The third-order valence-electron chi connectivity index (χ3n) is 6.57. The SMILES string of the molecule is Cn1c2cccc3c4ccoc4n4c5c6ccccc6sc5c5ccc1c(c32)c54. The van der Waals surface area contributed by atoms with Gasteiger partial charge in [0, 0.05) is 44.2 Å². The summed E-state index contributed by atoms with van der Waals surface area (Å²) in [7, 11) is 2.17. The minimum absolute atomic E-state index is 0.924. The fourth-order valence-electron chi connectivity index (χ4n) is 5.39. The van der Waals surface area contributed by atoms with Crippen LogP contribution >= 0.6 is 11.3 Å². The lowest BCUT2D eigenvalue weighted by Crippen LogP contribution is -1.87. The van der Waals surface area contributed by atoms with Gasteiger partial charge in [0.2, 0.25) is 5.71 Å². The van der Waals surface area contributed by atoms with Gasteiger partial charge < -0.3 is 8.98 Å². The van der Waals surface area contributed by atoms with Crippen LogP contribution in [0.15, 0.2) is 71.3 Å². The summed E-state index contributed by atoms with van der Waals surface area (Å²) in [5.41, 5.74) is 5.98. The summed E-state index contributed by atoms with van der Waals surface area (Å²) < 4.78 is 13.5. The lowest BCUT2D eigenvalue weighted by Gasteiger charge is -2.01. The second-order valence-electron chi connectivity index (χ2n) is 7.87. The molecule has 0 bridgehead atoms. The van der Waals surface area contributed by atoms with Gasteiger partial charge in [-0.3, -0.25) is 4.40 Å². The Hall–Kier alpha value is -3.50. The molecule has 0 radical (unpaired) electrons. The van der Waals surface area contributed by atoms with E-state index in [2.05, 4.69) is 76.7 Å². The Morgan fingerprint density at radius 2 is 1.59 bits per heavy atom. The molecule has 0 fully saturated rings. The Bertz CT molecular complexity index is 1920. The minimum atomic E-state index is 0.924. The standard InChI is InChI=1S/C25H14N2OS/c1-26-17-7-4-6-13-14-11-12-28-25(14)27-22-16(9-10-18(26)21(22)20(13)17)24-23(27)15-5-2-3-8-19(15)29-24/h2-12H,1H3. The van der Waals surface area contributed by atoms with Gasteiger partial charge in [-0.25, -0.2) is 0 Å². The highest BCUT2D eigenvalue weighted by molar-refractivity contribution is 7.26. The van der Waals surface area contributed by atoms with Crippen molar-refractivity contribution >= 4 is 80.8 Å². The first-order chi connectivity index (χ1) is 14.3. The molecule has 0 N–H and O–H groups in total. The number of rotatable bonds is 0. The van der Waals surface area contributed by atoms with Crippen LogP contribution in [0.5, 0.6) is 0 Å². The molecule has 8 rings (SSSR count). The number of benzene rings is 3. The van der Waals surface area contributed by atoms with E-state index in [1.54, 1.807) is 0 Å². The molecule has 0 aliphatic heterocycles. The van der Waals surface area contributed by atoms with Gasteiger partial charge in [-0.05, 0) is 35.7 Å². The van der Waals surface area contributed by atoms with Crippen molar-refractivity contribution in [2.24, 2.45) is 7.05 Å². The predicted octanol–water partition coefficient (Wildman–Crippen LogP) is 7.29. The molecule has 8 aromatic rings. The highest BCUT2D eigenvalue weighted by Crippen LogP contribution is 2.47. The first-order valence-corrected chi connectivity index (χ1v) is 10.6. The van der Waals surface area contributed by atoms with E-state index in [0.717, 1.165) is 11.1 Å². The third kappa shape index (κ3) is 1.45. The van der Waals surface area contributed by atoms with Crippen molar-refractivity contribution in [1.29, 1.82) is 0 Å². The van der Waals surface area contributed by atoms with E-state index in [4.69, 9.17) is 4.42 Å². The van der Waals surface area contributed by atoms with Gasteiger partial charge >= 0.3 is 0 Å². The van der Waals surface area contributed by atoms with E-state index in [1.807, 2.05) is 17.6 Å². The Morgan fingerprint density at radius 3 is 2.55 bits per heavy atom. The number of hydrogen-bond donors (Lipinski definition) is 0. The quantitative estimate of drug-likeness (QED) is 0.266. The van der Waals surface area contributed by atoms with E-state index < -0.39 is 0 Å². The number of nitrogens with zero attached hydrogens (tertiary/aromatic N) is 2. The van der Waals surface area contributed by atoms with Crippen LogP contribution < -0.4 is 0 Å². The van der Waals surface area contributed by atoms with Crippen LogP contribution in [0, 0.1) is 0 Å². The maximum Gasteiger partial charge on any atom is 0.212 e. The summed E-state index contributed by atoms with van der Waals surface area (Å²) in [6.07, 6.45) is 1.82. The molecule has 29 heavy (non-hydrogen) atoms. The maximum absolute atomic E-state index is 6.16. The van der Waals surface area contributed by atoms with Gasteiger partial charge in [-0.15, -0.1) is 11.3 Å².